The first-order valence-electron chi connectivity index (χ1n) is 5.60. The van der Waals surface area contributed by atoms with E-state index in [0.717, 1.165) is 5.82 Å². The van der Waals surface area contributed by atoms with Gasteiger partial charge in [0.05, 0.1) is 6.61 Å². The molecule has 1 atom stereocenters. The van der Waals surface area contributed by atoms with E-state index in [-0.39, 0.29) is 16.6 Å². The van der Waals surface area contributed by atoms with E-state index < -0.39 is 0 Å². The van der Waals surface area contributed by atoms with Crippen molar-refractivity contribution < 1.29 is 9.53 Å². The number of hydrogen-bond donors (Lipinski definition) is 1. The highest BCUT2D eigenvalue weighted by Gasteiger charge is 2.22. The van der Waals surface area contributed by atoms with Crippen LogP contribution in [0.5, 0.6) is 0 Å². The molecule has 0 aromatic carbocycles. The summed E-state index contributed by atoms with van der Waals surface area (Å²) in [7, 11) is 0. The molecular formula is C11H19N3O2S. The number of nitrogens with one attached hydrogen (secondary N) is 1. The van der Waals surface area contributed by atoms with Crippen LogP contribution in [0.2, 0.25) is 0 Å². The Morgan fingerprint density at radius 2 is 2.18 bits per heavy atom. The maximum atomic E-state index is 11.4. The average Bonchev–Trinajstić information content (AvgIpc) is 2.66. The molecule has 1 N–H and O–H groups in total. The molecule has 1 rings (SSSR count). The van der Waals surface area contributed by atoms with E-state index in [1.165, 1.54) is 11.8 Å². The highest BCUT2D eigenvalue weighted by molar-refractivity contribution is 8.00. The van der Waals surface area contributed by atoms with Crippen molar-refractivity contribution in [2.45, 2.75) is 50.4 Å². The standard InChI is InChI=1S/C11H19N3O2S/c1-6-16-8(15)7(2)17-10-12-9(13-14-10)11(3,4)5/h7H,6H2,1-5H3,(H,12,13,14). The first-order chi connectivity index (χ1) is 7.84. The van der Waals surface area contributed by atoms with Crippen LogP contribution in [0.4, 0.5) is 0 Å². The molecule has 0 aliphatic heterocycles. The first-order valence-corrected chi connectivity index (χ1v) is 6.48. The van der Waals surface area contributed by atoms with Gasteiger partial charge >= 0.3 is 5.97 Å². The molecule has 0 bridgehead atoms. The number of thioether (sulfide) groups is 1. The quantitative estimate of drug-likeness (QED) is 0.661. The van der Waals surface area contributed by atoms with Gasteiger partial charge in [0.15, 0.2) is 11.0 Å². The average molecular weight is 257 g/mol. The summed E-state index contributed by atoms with van der Waals surface area (Å²) in [4.78, 5) is 15.8. The molecule has 0 aliphatic carbocycles. The van der Waals surface area contributed by atoms with Gasteiger partial charge in [-0.2, -0.15) is 5.10 Å². The molecule has 0 saturated carbocycles. The van der Waals surface area contributed by atoms with Crippen LogP contribution in [0.25, 0.3) is 0 Å². The minimum absolute atomic E-state index is 0.0948. The predicted molar refractivity (Wildman–Crippen MR) is 67.0 cm³/mol. The van der Waals surface area contributed by atoms with E-state index in [0.29, 0.717) is 11.8 Å². The van der Waals surface area contributed by atoms with Crippen molar-refractivity contribution in [1.29, 1.82) is 0 Å². The van der Waals surface area contributed by atoms with Gasteiger partial charge in [0.1, 0.15) is 5.25 Å². The molecule has 0 spiro atoms. The third-order valence-electron chi connectivity index (χ3n) is 2.04. The first kappa shape index (κ1) is 14.0. The van der Waals surface area contributed by atoms with Gasteiger partial charge in [-0.25, -0.2) is 4.98 Å². The van der Waals surface area contributed by atoms with Crippen molar-refractivity contribution in [3.05, 3.63) is 5.82 Å². The summed E-state index contributed by atoms with van der Waals surface area (Å²) in [5.41, 5.74) is -0.0948. The fourth-order valence-electron chi connectivity index (χ4n) is 1.11. The van der Waals surface area contributed by atoms with Crippen molar-refractivity contribution in [2.24, 2.45) is 0 Å². The van der Waals surface area contributed by atoms with Gasteiger partial charge in [-0.1, -0.05) is 32.5 Å². The normalized spacial score (nSPS) is 13.5. The number of carbonyl (C=O) groups is 1. The fourth-order valence-corrected chi connectivity index (χ4v) is 1.85. The summed E-state index contributed by atoms with van der Waals surface area (Å²) in [5.74, 6) is 0.516. The third kappa shape index (κ3) is 4.03. The maximum Gasteiger partial charge on any atom is 0.319 e. The minimum atomic E-state index is -0.282. The van der Waals surface area contributed by atoms with E-state index in [4.69, 9.17) is 4.74 Å². The van der Waals surface area contributed by atoms with Gasteiger partial charge in [-0.05, 0) is 13.8 Å². The smallest absolute Gasteiger partial charge is 0.319 e. The van der Waals surface area contributed by atoms with Crippen LogP contribution < -0.4 is 0 Å². The Bertz CT molecular complexity index is 384. The lowest BCUT2D eigenvalue weighted by Gasteiger charge is -2.12. The summed E-state index contributed by atoms with van der Waals surface area (Å²) in [6, 6.07) is 0. The molecule has 0 fully saturated rings. The van der Waals surface area contributed by atoms with Crippen LogP contribution in [0.1, 0.15) is 40.4 Å². The number of nitrogens with zero attached hydrogens (tertiary/aromatic N) is 2. The largest absolute Gasteiger partial charge is 0.465 e. The number of ether oxygens (including phenoxy) is 1. The predicted octanol–water partition coefficient (Wildman–Crippen LogP) is 2.15. The topological polar surface area (TPSA) is 67.9 Å². The molecule has 0 aliphatic rings. The molecule has 1 aromatic rings. The van der Waals surface area contributed by atoms with Crippen LogP contribution in [0.15, 0.2) is 5.16 Å². The minimum Gasteiger partial charge on any atom is -0.465 e. The molecule has 0 saturated heterocycles. The summed E-state index contributed by atoms with van der Waals surface area (Å²) in [5, 5.41) is 7.34. The number of carbonyl (C=O) groups excluding carboxylic acids is 1. The van der Waals surface area contributed by atoms with Crippen molar-refractivity contribution in [2.75, 3.05) is 6.61 Å². The third-order valence-corrected chi connectivity index (χ3v) is 2.99. The molecular weight excluding hydrogens is 238 g/mol. The number of rotatable bonds is 4. The monoisotopic (exact) mass is 257 g/mol. The number of esters is 1. The zero-order valence-corrected chi connectivity index (χ0v) is 11.7. The lowest BCUT2D eigenvalue weighted by Crippen LogP contribution is -2.17. The molecule has 96 valence electrons. The van der Waals surface area contributed by atoms with E-state index >= 15 is 0 Å². The second kappa shape index (κ2) is 5.53. The van der Waals surface area contributed by atoms with Gasteiger partial charge < -0.3 is 4.74 Å². The molecule has 1 aromatic heterocycles. The Morgan fingerprint density at radius 1 is 1.53 bits per heavy atom. The van der Waals surface area contributed by atoms with E-state index in [9.17, 15) is 4.79 Å². The van der Waals surface area contributed by atoms with Crippen LogP contribution in [-0.4, -0.2) is 33.0 Å². The van der Waals surface area contributed by atoms with Crippen LogP contribution >= 0.6 is 11.8 Å². The molecule has 1 unspecified atom stereocenters. The lowest BCUT2D eigenvalue weighted by molar-refractivity contribution is -0.142. The summed E-state index contributed by atoms with van der Waals surface area (Å²) < 4.78 is 4.93. The van der Waals surface area contributed by atoms with Gasteiger partial charge in [0, 0.05) is 5.41 Å². The Hall–Kier alpha value is -1.04. The molecule has 0 amide bonds. The van der Waals surface area contributed by atoms with Crippen LogP contribution in [-0.2, 0) is 14.9 Å². The second-order valence-corrected chi connectivity index (χ2v) is 6.06. The summed E-state index contributed by atoms with van der Waals surface area (Å²) >= 11 is 1.32. The fraction of sp³-hybridized carbons (Fsp3) is 0.727. The maximum absolute atomic E-state index is 11.4. The molecule has 0 radical (unpaired) electrons. The van der Waals surface area contributed by atoms with Gasteiger partial charge in [0.25, 0.3) is 0 Å². The SMILES string of the molecule is CCOC(=O)C(C)Sc1nc(C(C)(C)C)n[nH]1. The lowest BCUT2D eigenvalue weighted by atomic mass is 9.96. The van der Waals surface area contributed by atoms with E-state index in [1.807, 2.05) is 20.8 Å². The van der Waals surface area contributed by atoms with Gasteiger partial charge in [0.2, 0.25) is 0 Å². The van der Waals surface area contributed by atoms with E-state index in [2.05, 4.69) is 15.2 Å². The number of aromatic amines is 1. The Kier molecular flexibility index (Phi) is 4.56. The number of aromatic nitrogens is 3. The molecule has 17 heavy (non-hydrogen) atoms. The van der Waals surface area contributed by atoms with E-state index in [1.54, 1.807) is 13.8 Å². The van der Waals surface area contributed by atoms with Crippen molar-refractivity contribution >= 4 is 17.7 Å². The molecule has 6 heteroatoms. The Morgan fingerprint density at radius 3 is 2.65 bits per heavy atom. The zero-order valence-electron chi connectivity index (χ0n) is 10.9. The van der Waals surface area contributed by atoms with Crippen molar-refractivity contribution in [1.82, 2.24) is 15.2 Å². The summed E-state index contributed by atoms with van der Waals surface area (Å²) in [6.45, 7) is 10.1. The number of H-pyrrole nitrogens is 1. The molecule has 5 nitrogen and oxygen atoms in total. The number of hydrogen-bond acceptors (Lipinski definition) is 5. The zero-order chi connectivity index (χ0) is 13.1. The van der Waals surface area contributed by atoms with Crippen LogP contribution in [0.3, 0.4) is 0 Å². The Labute approximate surface area is 106 Å². The van der Waals surface area contributed by atoms with Crippen LogP contribution in [0, 0.1) is 0 Å². The van der Waals surface area contributed by atoms with Crippen molar-refractivity contribution in [3.63, 3.8) is 0 Å². The summed E-state index contributed by atoms with van der Waals surface area (Å²) in [6.07, 6.45) is 0. The van der Waals surface area contributed by atoms with Gasteiger partial charge in [-0.15, -0.1) is 0 Å². The van der Waals surface area contributed by atoms with Gasteiger partial charge in [-0.3, -0.25) is 9.89 Å². The highest BCUT2D eigenvalue weighted by atomic mass is 32.2. The second-order valence-electron chi connectivity index (χ2n) is 4.73. The molecule has 1 heterocycles. The van der Waals surface area contributed by atoms with Crippen molar-refractivity contribution in [3.8, 4) is 0 Å². The Balaban J connectivity index is 2.64. The highest BCUT2D eigenvalue weighted by Crippen LogP contribution is 2.24.